The van der Waals surface area contributed by atoms with Gasteiger partial charge in [0, 0.05) is 25.7 Å². The lowest BCUT2D eigenvalue weighted by Crippen LogP contribution is -2.48. The van der Waals surface area contributed by atoms with E-state index in [-0.39, 0.29) is 18.4 Å². The molecule has 2 N–H and O–H groups in total. The van der Waals surface area contributed by atoms with Crippen molar-refractivity contribution < 1.29 is 19.1 Å². The van der Waals surface area contributed by atoms with Gasteiger partial charge in [-0.2, -0.15) is 0 Å². The fourth-order valence-corrected chi connectivity index (χ4v) is 11.1. The van der Waals surface area contributed by atoms with Crippen LogP contribution in [0.1, 0.15) is 76.6 Å². The minimum atomic E-state index is -1.20. The summed E-state index contributed by atoms with van der Waals surface area (Å²) in [5, 5.41) is 6.98. The van der Waals surface area contributed by atoms with Crippen LogP contribution in [-0.2, 0) is 41.1 Å². The summed E-state index contributed by atoms with van der Waals surface area (Å²) in [6.45, 7) is 2.98. The standard InChI is InChI=1S/C63H58N2O4/c66-58(68-60(39-43-64-44-40-60)50-19-7-1-8-20-50)47-62(52-21-9-2-10-22-52,53-23-11-3-12-24-53)54-37-33-49(34-38-54)48-31-35-51(36-32-48)61(41-45-65-46-42-61)69-59(67)63(55-25-13-4-14-26-55,56-27-15-5-16-28-56)57-29-17-6-18-30-57/h1-38,64-65H,39-47H2. The van der Waals surface area contributed by atoms with Gasteiger partial charge < -0.3 is 20.1 Å². The van der Waals surface area contributed by atoms with Crippen LogP contribution in [0.4, 0.5) is 0 Å². The molecule has 0 spiro atoms. The van der Waals surface area contributed by atoms with Gasteiger partial charge in [0.25, 0.3) is 0 Å². The zero-order chi connectivity index (χ0) is 47.0. The van der Waals surface area contributed by atoms with Crippen molar-refractivity contribution in [3.8, 4) is 11.1 Å². The fraction of sp³-hybridized carbons (Fsp3) is 0.206. The van der Waals surface area contributed by atoms with Crippen molar-refractivity contribution in [3.05, 3.63) is 275 Å². The quantitative estimate of drug-likeness (QED) is 0.0836. The zero-order valence-electron chi connectivity index (χ0n) is 38.9. The number of rotatable bonds is 14. The number of benzene rings is 8. The van der Waals surface area contributed by atoms with E-state index < -0.39 is 22.0 Å². The number of piperidine rings is 2. The molecule has 0 saturated carbocycles. The van der Waals surface area contributed by atoms with Gasteiger partial charge in [0.15, 0.2) is 0 Å². The van der Waals surface area contributed by atoms with Crippen LogP contribution in [0.15, 0.2) is 231 Å². The van der Waals surface area contributed by atoms with Crippen LogP contribution < -0.4 is 10.6 Å². The molecule has 0 radical (unpaired) electrons. The van der Waals surface area contributed by atoms with Crippen LogP contribution in [-0.4, -0.2) is 38.1 Å². The zero-order valence-corrected chi connectivity index (χ0v) is 38.9. The highest BCUT2D eigenvalue weighted by atomic mass is 16.6. The third-order valence-corrected chi connectivity index (χ3v) is 14.7. The van der Waals surface area contributed by atoms with Crippen molar-refractivity contribution >= 4 is 11.9 Å². The van der Waals surface area contributed by atoms with E-state index in [1.54, 1.807) is 0 Å². The Morgan fingerprint density at radius 2 is 0.696 bits per heavy atom. The van der Waals surface area contributed by atoms with Crippen molar-refractivity contribution in [3.63, 3.8) is 0 Å². The van der Waals surface area contributed by atoms with E-state index in [4.69, 9.17) is 9.47 Å². The minimum absolute atomic E-state index is 0.118. The monoisotopic (exact) mass is 906 g/mol. The Bertz CT molecular complexity index is 2780. The molecule has 2 aliphatic rings. The molecule has 69 heavy (non-hydrogen) atoms. The van der Waals surface area contributed by atoms with Crippen molar-refractivity contribution in [1.82, 2.24) is 10.6 Å². The summed E-state index contributed by atoms with van der Waals surface area (Å²) in [7, 11) is 0. The number of carbonyl (C=O) groups excluding carboxylic acids is 2. The minimum Gasteiger partial charge on any atom is -0.454 e. The molecule has 344 valence electrons. The van der Waals surface area contributed by atoms with Crippen molar-refractivity contribution in [2.75, 3.05) is 26.2 Å². The number of ether oxygens (including phenoxy) is 2. The van der Waals surface area contributed by atoms with E-state index in [1.807, 2.05) is 146 Å². The lowest BCUT2D eigenvalue weighted by molar-refractivity contribution is -0.168. The Balaban J connectivity index is 0.991. The topological polar surface area (TPSA) is 76.7 Å². The molecule has 6 heteroatoms. The molecule has 0 bridgehead atoms. The fourth-order valence-electron chi connectivity index (χ4n) is 11.1. The van der Waals surface area contributed by atoms with Crippen molar-refractivity contribution in [2.45, 2.75) is 54.1 Å². The van der Waals surface area contributed by atoms with Gasteiger partial charge in [-0.1, -0.05) is 231 Å². The van der Waals surface area contributed by atoms with Crippen LogP contribution in [0.2, 0.25) is 0 Å². The molecule has 2 saturated heterocycles. The first-order valence-corrected chi connectivity index (χ1v) is 24.4. The lowest BCUT2D eigenvalue weighted by Gasteiger charge is -2.42. The van der Waals surface area contributed by atoms with Crippen LogP contribution in [0, 0.1) is 0 Å². The van der Waals surface area contributed by atoms with Crippen LogP contribution in [0.5, 0.6) is 0 Å². The Labute approximate surface area is 406 Å². The molecule has 0 unspecified atom stereocenters. The van der Waals surface area contributed by atoms with E-state index in [0.29, 0.717) is 38.8 Å². The van der Waals surface area contributed by atoms with Crippen LogP contribution >= 0.6 is 0 Å². The predicted octanol–water partition coefficient (Wildman–Crippen LogP) is 12.1. The highest BCUT2D eigenvalue weighted by Gasteiger charge is 2.50. The van der Waals surface area contributed by atoms with Crippen molar-refractivity contribution in [2.24, 2.45) is 0 Å². The molecule has 0 aromatic heterocycles. The van der Waals surface area contributed by atoms with E-state index in [1.165, 1.54) is 0 Å². The summed E-state index contributed by atoms with van der Waals surface area (Å²) in [6, 6.07) is 78.2. The largest absolute Gasteiger partial charge is 0.454 e. The first-order chi connectivity index (χ1) is 34.0. The van der Waals surface area contributed by atoms with Crippen molar-refractivity contribution in [1.29, 1.82) is 0 Å². The highest BCUT2D eigenvalue weighted by molar-refractivity contribution is 5.92. The van der Waals surface area contributed by atoms with E-state index >= 15 is 4.79 Å². The smallest absolute Gasteiger partial charge is 0.326 e. The molecule has 8 aromatic carbocycles. The van der Waals surface area contributed by atoms with Crippen LogP contribution in [0.3, 0.4) is 0 Å². The van der Waals surface area contributed by atoms with E-state index in [0.717, 1.165) is 68.7 Å². The predicted molar refractivity (Wildman–Crippen MR) is 275 cm³/mol. The summed E-state index contributed by atoms with van der Waals surface area (Å²) in [4.78, 5) is 30.3. The molecule has 10 rings (SSSR count). The van der Waals surface area contributed by atoms with Gasteiger partial charge in [-0.3, -0.25) is 9.59 Å². The summed E-state index contributed by atoms with van der Waals surface area (Å²) < 4.78 is 13.8. The van der Waals surface area contributed by atoms with Gasteiger partial charge in [-0.05, 0) is 81.8 Å². The van der Waals surface area contributed by atoms with E-state index in [2.05, 4.69) is 95.6 Å². The molecule has 0 amide bonds. The van der Waals surface area contributed by atoms with Crippen LogP contribution in [0.25, 0.3) is 11.1 Å². The first-order valence-electron chi connectivity index (χ1n) is 24.4. The second-order valence-corrected chi connectivity index (χ2v) is 18.5. The molecule has 0 atom stereocenters. The number of hydrogen-bond donors (Lipinski definition) is 2. The van der Waals surface area contributed by atoms with Gasteiger partial charge >= 0.3 is 11.9 Å². The lowest BCUT2D eigenvalue weighted by atomic mass is 9.67. The molecule has 0 aliphatic carbocycles. The molecule has 2 fully saturated rings. The van der Waals surface area contributed by atoms with Gasteiger partial charge in [0.05, 0.1) is 11.8 Å². The number of carbonyl (C=O) groups is 2. The normalized spacial score (nSPS) is 15.7. The average molecular weight is 907 g/mol. The summed E-state index contributed by atoms with van der Waals surface area (Å²) in [6.07, 6.45) is 2.79. The van der Waals surface area contributed by atoms with Gasteiger partial charge in [-0.15, -0.1) is 0 Å². The third-order valence-electron chi connectivity index (χ3n) is 14.7. The molecular formula is C63H58N2O4. The Hall–Kier alpha value is -7.38. The number of nitrogens with one attached hydrogen (secondary N) is 2. The SMILES string of the molecule is O=C(CC(c1ccccc1)(c1ccccc1)c1ccc(-c2ccc(C3(OC(=O)C(c4ccccc4)(c4ccccc4)c4ccccc4)CCNCC3)cc2)cc1)OC1(c2ccccc2)CCNCC1. The van der Waals surface area contributed by atoms with Gasteiger partial charge in [0.2, 0.25) is 0 Å². The Morgan fingerprint density at radius 1 is 0.377 bits per heavy atom. The second kappa shape index (κ2) is 20.1. The molecule has 2 aliphatic heterocycles. The number of hydrogen-bond acceptors (Lipinski definition) is 6. The molecule has 2 heterocycles. The first kappa shape index (κ1) is 45.4. The van der Waals surface area contributed by atoms with E-state index in [9.17, 15) is 4.79 Å². The highest BCUT2D eigenvalue weighted by Crippen LogP contribution is 2.47. The maximum Gasteiger partial charge on any atom is 0.326 e. The molecule has 6 nitrogen and oxygen atoms in total. The molecule has 8 aromatic rings. The average Bonchev–Trinajstić information content (AvgIpc) is 3.43. The summed E-state index contributed by atoms with van der Waals surface area (Å²) in [5.74, 6) is -0.544. The van der Waals surface area contributed by atoms with Gasteiger partial charge in [-0.25, -0.2) is 0 Å². The Morgan fingerprint density at radius 3 is 1.10 bits per heavy atom. The third kappa shape index (κ3) is 8.83. The number of esters is 2. The maximum absolute atomic E-state index is 15.5. The Kier molecular flexibility index (Phi) is 13.2. The second-order valence-electron chi connectivity index (χ2n) is 18.5. The summed E-state index contributed by atoms with van der Waals surface area (Å²) in [5.41, 5.74) is 6.05. The van der Waals surface area contributed by atoms with Gasteiger partial charge in [0.1, 0.15) is 16.6 Å². The summed E-state index contributed by atoms with van der Waals surface area (Å²) >= 11 is 0. The molecular weight excluding hydrogens is 849 g/mol. The maximum atomic E-state index is 15.5.